The van der Waals surface area contributed by atoms with Crippen molar-refractivity contribution in [2.24, 2.45) is 17.1 Å². The molecule has 0 saturated carbocycles. The van der Waals surface area contributed by atoms with Gasteiger partial charge >= 0.3 is 0 Å². The van der Waals surface area contributed by atoms with Crippen LogP contribution in [0.1, 0.15) is 33.6 Å². The molecule has 0 aliphatic carbocycles. The molecule has 2 aliphatic rings. The molecule has 0 aromatic rings. The summed E-state index contributed by atoms with van der Waals surface area (Å²) in [5.74, 6) is 3.40. The molecule has 0 bridgehead atoms. The van der Waals surface area contributed by atoms with Gasteiger partial charge in [-0.25, -0.2) is 0 Å². The van der Waals surface area contributed by atoms with Gasteiger partial charge in [-0.05, 0) is 36.5 Å². The first kappa shape index (κ1) is 12.7. The molecule has 0 amide bonds. The van der Waals surface area contributed by atoms with Gasteiger partial charge in [-0.3, -0.25) is 4.90 Å². The van der Waals surface area contributed by atoms with Gasteiger partial charge in [0.05, 0.1) is 0 Å². The van der Waals surface area contributed by atoms with Crippen LogP contribution >= 0.6 is 11.8 Å². The lowest BCUT2D eigenvalue weighted by atomic mass is 9.80. The lowest BCUT2D eigenvalue weighted by Gasteiger charge is -2.38. The summed E-state index contributed by atoms with van der Waals surface area (Å²) >= 11 is 2.08. The normalized spacial score (nSPS) is 37.1. The number of nitrogens with two attached hydrogens (primary N) is 1. The average Bonchev–Trinajstić information content (AvgIpc) is 2.86. The Morgan fingerprint density at radius 3 is 2.62 bits per heavy atom. The first-order chi connectivity index (χ1) is 7.48. The fourth-order valence-corrected chi connectivity index (χ4v) is 4.53. The zero-order valence-corrected chi connectivity index (χ0v) is 11.8. The minimum absolute atomic E-state index is 0.338. The zero-order chi connectivity index (χ0) is 11.8. The first-order valence-corrected chi connectivity index (χ1v) is 7.66. The van der Waals surface area contributed by atoms with Gasteiger partial charge in [-0.15, -0.1) is 0 Å². The lowest BCUT2D eigenvalue weighted by Crippen LogP contribution is -2.53. The van der Waals surface area contributed by atoms with Crippen molar-refractivity contribution in [3.8, 4) is 0 Å². The lowest BCUT2D eigenvalue weighted by molar-refractivity contribution is 0.129. The molecular formula is C13H26N2S. The predicted octanol–water partition coefficient (Wildman–Crippen LogP) is 2.19. The Morgan fingerprint density at radius 1 is 1.44 bits per heavy atom. The van der Waals surface area contributed by atoms with Gasteiger partial charge in [0.1, 0.15) is 0 Å². The van der Waals surface area contributed by atoms with Gasteiger partial charge in [0, 0.05) is 24.4 Å². The Balaban J connectivity index is 2.02. The van der Waals surface area contributed by atoms with Gasteiger partial charge in [0.25, 0.3) is 0 Å². The molecule has 2 aliphatic heterocycles. The maximum atomic E-state index is 6.05. The van der Waals surface area contributed by atoms with E-state index in [1.54, 1.807) is 0 Å². The van der Waals surface area contributed by atoms with Gasteiger partial charge in [-0.1, -0.05) is 20.8 Å². The second-order valence-electron chi connectivity index (χ2n) is 6.53. The largest absolute Gasteiger partial charge is 0.329 e. The molecule has 2 nitrogen and oxygen atoms in total. The van der Waals surface area contributed by atoms with Gasteiger partial charge in [0.15, 0.2) is 0 Å². The number of nitrogens with zero attached hydrogens (tertiary/aromatic N) is 1. The van der Waals surface area contributed by atoms with Crippen LogP contribution < -0.4 is 5.73 Å². The minimum atomic E-state index is 0.338. The first-order valence-electron chi connectivity index (χ1n) is 6.51. The van der Waals surface area contributed by atoms with Crippen LogP contribution in [0.15, 0.2) is 0 Å². The number of hydrogen-bond donors (Lipinski definition) is 1. The van der Waals surface area contributed by atoms with Crippen LogP contribution in [0, 0.1) is 11.3 Å². The Bertz CT molecular complexity index is 241. The second-order valence-corrected chi connectivity index (χ2v) is 7.63. The van der Waals surface area contributed by atoms with Crippen molar-refractivity contribution in [2.75, 3.05) is 31.1 Å². The predicted molar refractivity (Wildman–Crippen MR) is 72.9 cm³/mol. The topological polar surface area (TPSA) is 29.3 Å². The number of hydrogen-bond acceptors (Lipinski definition) is 3. The summed E-state index contributed by atoms with van der Waals surface area (Å²) in [5.41, 5.74) is 6.84. The van der Waals surface area contributed by atoms with Crippen LogP contribution in [-0.2, 0) is 0 Å². The number of rotatable bonds is 2. The van der Waals surface area contributed by atoms with E-state index in [1.807, 2.05) is 0 Å². The molecule has 2 atom stereocenters. The van der Waals surface area contributed by atoms with Crippen LogP contribution in [0.4, 0.5) is 0 Å². The number of thioether (sulfide) groups is 1. The van der Waals surface area contributed by atoms with Crippen molar-refractivity contribution in [3.63, 3.8) is 0 Å². The van der Waals surface area contributed by atoms with Crippen LogP contribution in [0.2, 0.25) is 0 Å². The molecular weight excluding hydrogens is 216 g/mol. The smallest absolute Gasteiger partial charge is 0.0429 e. The van der Waals surface area contributed by atoms with Crippen molar-refractivity contribution in [2.45, 2.75) is 39.2 Å². The maximum Gasteiger partial charge on any atom is 0.0429 e. The van der Waals surface area contributed by atoms with Crippen LogP contribution in [0.25, 0.3) is 0 Å². The summed E-state index contributed by atoms with van der Waals surface area (Å²) in [5, 5.41) is 0. The highest BCUT2D eigenvalue weighted by atomic mass is 32.2. The van der Waals surface area contributed by atoms with Crippen molar-refractivity contribution in [1.29, 1.82) is 0 Å². The van der Waals surface area contributed by atoms with Crippen LogP contribution in [0.3, 0.4) is 0 Å². The van der Waals surface area contributed by atoms with E-state index < -0.39 is 0 Å². The Labute approximate surface area is 104 Å². The van der Waals surface area contributed by atoms with E-state index >= 15 is 0 Å². The molecule has 16 heavy (non-hydrogen) atoms. The molecule has 2 N–H and O–H groups in total. The molecule has 0 radical (unpaired) electrons. The quantitative estimate of drug-likeness (QED) is 0.805. The van der Waals surface area contributed by atoms with E-state index in [0.29, 0.717) is 11.0 Å². The average molecular weight is 242 g/mol. The monoisotopic (exact) mass is 242 g/mol. The molecule has 2 heterocycles. The van der Waals surface area contributed by atoms with E-state index in [2.05, 4.69) is 37.4 Å². The highest BCUT2D eigenvalue weighted by molar-refractivity contribution is 7.99. The summed E-state index contributed by atoms with van der Waals surface area (Å²) in [4.78, 5) is 2.70. The highest BCUT2D eigenvalue weighted by Crippen LogP contribution is 2.40. The summed E-state index contributed by atoms with van der Waals surface area (Å²) in [6.45, 7) is 10.5. The fraction of sp³-hybridized carbons (Fsp3) is 1.00. The Hall–Kier alpha value is 0.270. The van der Waals surface area contributed by atoms with Crippen molar-refractivity contribution >= 4 is 11.8 Å². The maximum absolute atomic E-state index is 6.05. The molecule has 2 rings (SSSR count). The molecule has 3 heteroatoms. The van der Waals surface area contributed by atoms with Crippen LogP contribution in [-0.4, -0.2) is 41.6 Å². The zero-order valence-electron chi connectivity index (χ0n) is 11.0. The third kappa shape index (κ3) is 2.27. The Kier molecular flexibility index (Phi) is 3.58. The molecule has 0 spiro atoms. The number of likely N-dealkylation sites (tertiary alicyclic amines) is 1. The minimum Gasteiger partial charge on any atom is -0.329 e. The molecule has 0 aromatic heterocycles. The summed E-state index contributed by atoms with van der Waals surface area (Å²) in [7, 11) is 0. The van der Waals surface area contributed by atoms with Crippen molar-refractivity contribution in [3.05, 3.63) is 0 Å². The molecule has 0 aromatic carbocycles. The molecule has 2 saturated heterocycles. The van der Waals surface area contributed by atoms with E-state index in [4.69, 9.17) is 5.73 Å². The molecule has 2 unspecified atom stereocenters. The van der Waals surface area contributed by atoms with E-state index in [1.165, 1.54) is 37.4 Å². The van der Waals surface area contributed by atoms with Gasteiger partial charge < -0.3 is 5.73 Å². The standard InChI is InChI=1S/C13H26N2S/c1-12(2,3)11-4-6-15(8-11)13(9-14)5-7-16-10-13/h11H,4-10,14H2,1-3H3. The Morgan fingerprint density at radius 2 is 2.19 bits per heavy atom. The molecule has 94 valence electrons. The third-order valence-corrected chi connectivity index (χ3v) is 5.78. The highest BCUT2D eigenvalue weighted by Gasteiger charge is 2.44. The summed E-state index contributed by atoms with van der Waals surface area (Å²) in [6.07, 6.45) is 2.65. The third-order valence-electron chi connectivity index (χ3n) is 4.55. The second kappa shape index (κ2) is 4.51. The van der Waals surface area contributed by atoms with Crippen molar-refractivity contribution < 1.29 is 0 Å². The molecule has 2 fully saturated rings. The van der Waals surface area contributed by atoms with Crippen molar-refractivity contribution in [1.82, 2.24) is 4.90 Å². The van der Waals surface area contributed by atoms with E-state index in [-0.39, 0.29) is 0 Å². The SMILES string of the molecule is CC(C)(C)C1CCN(C2(CN)CCSC2)C1. The van der Waals surface area contributed by atoms with Gasteiger partial charge in [-0.2, -0.15) is 11.8 Å². The summed E-state index contributed by atoms with van der Waals surface area (Å²) < 4.78 is 0. The summed E-state index contributed by atoms with van der Waals surface area (Å²) in [6, 6.07) is 0. The fourth-order valence-electron chi connectivity index (χ4n) is 3.03. The van der Waals surface area contributed by atoms with E-state index in [0.717, 1.165) is 12.5 Å². The van der Waals surface area contributed by atoms with Gasteiger partial charge in [0.2, 0.25) is 0 Å². The van der Waals surface area contributed by atoms with Crippen LogP contribution in [0.5, 0.6) is 0 Å². The van der Waals surface area contributed by atoms with E-state index in [9.17, 15) is 0 Å².